The Hall–Kier alpha value is -0.610. The van der Waals surface area contributed by atoms with E-state index in [9.17, 15) is 4.79 Å². The van der Waals surface area contributed by atoms with Crippen LogP contribution in [-0.4, -0.2) is 60.1 Å². The second kappa shape index (κ2) is 7.10. The average molecular weight is 256 g/mol. The summed E-state index contributed by atoms with van der Waals surface area (Å²) < 4.78 is 0. The van der Waals surface area contributed by atoms with Crippen LogP contribution in [0.3, 0.4) is 0 Å². The van der Waals surface area contributed by atoms with Crippen LogP contribution < -0.4 is 0 Å². The van der Waals surface area contributed by atoms with E-state index in [1.54, 1.807) is 0 Å². The van der Waals surface area contributed by atoms with E-state index >= 15 is 0 Å². The molecule has 1 heterocycles. The van der Waals surface area contributed by atoms with E-state index in [-0.39, 0.29) is 0 Å². The number of carboxylic acids is 1. The Bertz CT molecular complexity index is 259. The summed E-state index contributed by atoms with van der Waals surface area (Å²) in [6.45, 7) is 12.7. The molecule has 4 heteroatoms. The van der Waals surface area contributed by atoms with E-state index in [1.807, 2.05) is 13.8 Å². The second-order valence-corrected chi connectivity index (χ2v) is 5.98. The molecule has 4 nitrogen and oxygen atoms in total. The van der Waals surface area contributed by atoms with Gasteiger partial charge in [-0.2, -0.15) is 0 Å². The number of carbonyl (C=O) groups is 1. The fourth-order valence-electron chi connectivity index (χ4n) is 2.40. The van der Waals surface area contributed by atoms with Crippen LogP contribution in [-0.2, 0) is 4.79 Å². The van der Waals surface area contributed by atoms with Gasteiger partial charge in [-0.3, -0.25) is 4.79 Å². The first-order chi connectivity index (χ1) is 8.45. The van der Waals surface area contributed by atoms with Crippen molar-refractivity contribution in [2.24, 2.45) is 5.41 Å². The molecular formula is C14H28N2O2. The van der Waals surface area contributed by atoms with Crippen LogP contribution in [0.15, 0.2) is 0 Å². The summed E-state index contributed by atoms with van der Waals surface area (Å²) >= 11 is 0. The number of hydrogen-bond acceptors (Lipinski definition) is 3. The standard InChI is InChI=1S/C14H28N2O2/c1-4-7-15-9-11-16(12-10-15)8-5-6-14(2,3)13(17)18/h4-12H2,1-3H3,(H,17,18). The van der Waals surface area contributed by atoms with E-state index in [0.29, 0.717) is 0 Å². The third-order valence-electron chi connectivity index (χ3n) is 3.86. The fraction of sp³-hybridized carbons (Fsp3) is 0.929. The quantitative estimate of drug-likeness (QED) is 0.755. The first kappa shape index (κ1) is 15.4. The van der Waals surface area contributed by atoms with Crippen LogP contribution in [0.2, 0.25) is 0 Å². The van der Waals surface area contributed by atoms with Crippen LogP contribution >= 0.6 is 0 Å². The van der Waals surface area contributed by atoms with Gasteiger partial charge < -0.3 is 14.9 Å². The molecule has 0 aliphatic carbocycles. The van der Waals surface area contributed by atoms with E-state index in [0.717, 1.165) is 45.6 Å². The smallest absolute Gasteiger partial charge is 0.309 e. The number of nitrogens with zero attached hydrogens (tertiary/aromatic N) is 2. The van der Waals surface area contributed by atoms with Crippen LogP contribution in [0, 0.1) is 5.41 Å². The van der Waals surface area contributed by atoms with Crippen molar-refractivity contribution < 1.29 is 9.90 Å². The molecule has 1 N–H and O–H groups in total. The lowest BCUT2D eigenvalue weighted by molar-refractivity contribution is -0.147. The van der Waals surface area contributed by atoms with Crippen LogP contribution in [0.25, 0.3) is 0 Å². The summed E-state index contributed by atoms with van der Waals surface area (Å²) in [6, 6.07) is 0. The molecule has 1 rings (SSSR count). The number of hydrogen-bond donors (Lipinski definition) is 1. The summed E-state index contributed by atoms with van der Waals surface area (Å²) in [7, 11) is 0. The predicted molar refractivity (Wildman–Crippen MR) is 73.8 cm³/mol. The van der Waals surface area contributed by atoms with Crippen molar-refractivity contribution in [2.45, 2.75) is 40.0 Å². The van der Waals surface area contributed by atoms with Gasteiger partial charge in [0.2, 0.25) is 0 Å². The summed E-state index contributed by atoms with van der Waals surface area (Å²) in [5, 5.41) is 9.05. The van der Waals surface area contributed by atoms with Gasteiger partial charge in [-0.1, -0.05) is 6.92 Å². The maximum Gasteiger partial charge on any atom is 0.309 e. The Morgan fingerprint density at radius 1 is 1.11 bits per heavy atom. The molecule has 18 heavy (non-hydrogen) atoms. The minimum absolute atomic E-state index is 0.579. The highest BCUT2D eigenvalue weighted by Crippen LogP contribution is 2.22. The van der Waals surface area contributed by atoms with Crippen LogP contribution in [0.5, 0.6) is 0 Å². The third-order valence-corrected chi connectivity index (χ3v) is 3.86. The number of aliphatic carboxylic acids is 1. The molecule has 1 saturated heterocycles. The molecule has 1 aliphatic rings. The first-order valence-corrected chi connectivity index (χ1v) is 7.14. The van der Waals surface area contributed by atoms with E-state index in [1.165, 1.54) is 13.0 Å². The molecule has 0 atom stereocenters. The van der Waals surface area contributed by atoms with Crippen molar-refractivity contribution in [3.05, 3.63) is 0 Å². The average Bonchev–Trinajstić information content (AvgIpc) is 2.31. The van der Waals surface area contributed by atoms with Gasteiger partial charge in [0.05, 0.1) is 5.41 Å². The lowest BCUT2D eigenvalue weighted by Crippen LogP contribution is -2.46. The summed E-state index contributed by atoms with van der Waals surface area (Å²) in [4.78, 5) is 16.0. The Morgan fingerprint density at radius 2 is 1.61 bits per heavy atom. The molecular weight excluding hydrogens is 228 g/mol. The summed E-state index contributed by atoms with van der Waals surface area (Å²) in [5.74, 6) is -0.685. The summed E-state index contributed by atoms with van der Waals surface area (Å²) in [6.07, 6.45) is 2.97. The molecule has 0 amide bonds. The Morgan fingerprint density at radius 3 is 2.06 bits per heavy atom. The number of carboxylic acid groups (broad SMARTS) is 1. The highest BCUT2D eigenvalue weighted by atomic mass is 16.4. The van der Waals surface area contributed by atoms with Gasteiger partial charge in [-0.15, -0.1) is 0 Å². The molecule has 0 aromatic carbocycles. The molecule has 1 fully saturated rings. The molecule has 0 aromatic rings. The molecule has 0 saturated carbocycles. The maximum absolute atomic E-state index is 11.0. The normalized spacial score (nSPS) is 19.1. The van der Waals surface area contributed by atoms with Crippen molar-refractivity contribution in [3.8, 4) is 0 Å². The van der Waals surface area contributed by atoms with Crippen molar-refractivity contribution in [1.29, 1.82) is 0 Å². The van der Waals surface area contributed by atoms with Gasteiger partial charge in [0.15, 0.2) is 0 Å². The molecule has 0 spiro atoms. The highest BCUT2D eigenvalue weighted by Gasteiger charge is 2.26. The molecule has 0 bridgehead atoms. The molecule has 0 radical (unpaired) electrons. The molecule has 0 aromatic heterocycles. The first-order valence-electron chi connectivity index (χ1n) is 7.14. The van der Waals surface area contributed by atoms with Crippen molar-refractivity contribution in [2.75, 3.05) is 39.3 Å². The van der Waals surface area contributed by atoms with Crippen LogP contribution in [0.1, 0.15) is 40.0 Å². The van der Waals surface area contributed by atoms with Gasteiger partial charge >= 0.3 is 5.97 Å². The van der Waals surface area contributed by atoms with Gasteiger partial charge in [0, 0.05) is 26.2 Å². The topological polar surface area (TPSA) is 43.8 Å². The van der Waals surface area contributed by atoms with Crippen molar-refractivity contribution in [3.63, 3.8) is 0 Å². The van der Waals surface area contributed by atoms with Crippen LogP contribution in [0.4, 0.5) is 0 Å². The zero-order valence-corrected chi connectivity index (χ0v) is 12.1. The van der Waals surface area contributed by atoms with Gasteiger partial charge in [-0.25, -0.2) is 0 Å². The lowest BCUT2D eigenvalue weighted by atomic mass is 9.88. The maximum atomic E-state index is 11.0. The van der Waals surface area contributed by atoms with E-state index in [2.05, 4.69) is 16.7 Å². The number of rotatable bonds is 7. The number of piperazine rings is 1. The minimum atomic E-state index is -0.685. The van der Waals surface area contributed by atoms with Gasteiger partial charge in [0.25, 0.3) is 0 Å². The zero-order valence-electron chi connectivity index (χ0n) is 12.1. The van der Waals surface area contributed by atoms with Crippen molar-refractivity contribution >= 4 is 5.97 Å². The summed E-state index contributed by atoms with van der Waals surface area (Å²) in [5.41, 5.74) is -0.579. The largest absolute Gasteiger partial charge is 0.481 e. The third kappa shape index (κ3) is 4.94. The van der Waals surface area contributed by atoms with E-state index in [4.69, 9.17) is 5.11 Å². The van der Waals surface area contributed by atoms with E-state index < -0.39 is 11.4 Å². The predicted octanol–water partition coefficient (Wildman–Crippen LogP) is 1.91. The zero-order chi connectivity index (χ0) is 13.6. The fourth-order valence-corrected chi connectivity index (χ4v) is 2.40. The monoisotopic (exact) mass is 256 g/mol. The minimum Gasteiger partial charge on any atom is -0.481 e. The molecule has 106 valence electrons. The Balaban J connectivity index is 2.16. The molecule has 1 aliphatic heterocycles. The lowest BCUT2D eigenvalue weighted by Gasteiger charge is -2.34. The Labute approximate surface area is 111 Å². The second-order valence-electron chi connectivity index (χ2n) is 5.98. The van der Waals surface area contributed by atoms with Crippen molar-refractivity contribution in [1.82, 2.24) is 9.80 Å². The van der Waals surface area contributed by atoms with Gasteiger partial charge in [0.1, 0.15) is 0 Å². The molecule has 0 unspecified atom stereocenters. The SMILES string of the molecule is CCCN1CCN(CCCC(C)(C)C(=O)O)CC1. The highest BCUT2D eigenvalue weighted by molar-refractivity contribution is 5.73. The van der Waals surface area contributed by atoms with Gasteiger partial charge in [-0.05, 0) is 46.2 Å². The Kier molecular flexibility index (Phi) is 6.09.